The maximum atomic E-state index is 13.9. The molecular weight excluding hydrogens is 687 g/mol. The molecule has 0 radical (unpaired) electrons. The average molecular weight is 728 g/mol. The zero-order valence-corrected chi connectivity index (χ0v) is 28.8. The fraction of sp³-hybridized carbons (Fsp3) is 0.387. The Morgan fingerprint density at radius 1 is 1.12 bits per heavy atom. The van der Waals surface area contributed by atoms with E-state index in [0.29, 0.717) is 28.7 Å². The number of anilines is 4. The van der Waals surface area contributed by atoms with Crippen LogP contribution in [0, 0.1) is 6.92 Å². The number of methoxy groups -OCH3 is 1. The minimum atomic E-state index is -4.76. The van der Waals surface area contributed by atoms with Crippen molar-refractivity contribution in [1.82, 2.24) is 20.2 Å². The molecule has 1 aliphatic heterocycles. The van der Waals surface area contributed by atoms with Crippen LogP contribution >= 0.6 is 0 Å². The van der Waals surface area contributed by atoms with Gasteiger partial charge in [0.15, 0.2) is 0 Å². The number of nitrogens with zero attached hydrogens (tertiary/aromatic N) is 4. The molecule has 1 saturated heterocycles. The first-order chi connectivity index (χ1) is 23.5. The number of carboxylic acid groups (broad SMARTS) is 2. The number of sulfonamides is 1. The first-order valence-corrected chi connectivity index (χ1v) is 16.7. The summed E-state index contributed by atoms with van der Waals surface area (Å²) in [7, 11) is 1.19. The second kappa shape index (κ2) is 18.6. The minimum absolute atomic E-state index is 0.0664. The predicted molar refractivity (Wildman–Crippen MR) is 180 cm³/mol. The molecule has 0 bridgehead atoms. The third-order valence-corrected chi connectivity index (χ3v) is 8.57. The van der Waals surface area contributed by atoms with E-state index >= 15 is 0 Å². The number of aryl methyl sites for hydroxylation is 1. The summed E-state index contributed by atoms with van der Waals surface area (Å²) in [6.07, 6.45) is -1.37. The topological polar surface area (TPSA) is 203 Å². The van der Waals surface area contributed by atoms with Gasteiger partial charge in [0.25, 0.3) is 18.9 Å². The molecule has 5 N–H and O–H groups in total. The number of aromatic nitrogens is 2. The Kier molecular flexibility index (Phi) is 15.2. The normalized spacial score (nSPS) is 13.4. The van der Waals surface area contributed by atoms with Gasteiger partial charge in [-0.05, 0) is 75.3 Å². The average Bonchev–Trinajstić information content (AvgIpc) is 3.05. The van der Waals surface area contributed by atoms with Crippen molar-refractivity contribution in [3.8, 4) is 5.75 Å². The second-order valence-electron chi connectivity index (χ2n) is 11.0. The van der Waals surface area contributed by atoms with Crippen LogP contribution in [0.2, 0.25) is 0 Å². The summed E-state index contributed by atoms with van der Waals surface area (Å²) in [6, 6.07) is 9.76. The molecule has 0 atom stereocenters. The van der Waals surface area contributed by atoms with E-state index in [2.05, 4.69) is 30.8 Å². The van der Waals surface area contributed by atoms with Crippen LogP contribution in [0.5, 0.6) is 5.75 Å². The lowest BCUT2D eigenvalue weighted by Crippen LogP contribution is -2.43. The number of halogens is 3. The molecule has 0 spiro atoms. The Morgan fingerprint density at radius 2 is 1.74 bits per heavy atom. The first-order valence-electron chi connectivity index (χ1n) is 14.8. The van der Waals surface area contributed by atoms with Crippen LogP contribution in [0.3, 0.4) is 0 Å². The zero-order chi connectivity index (χ0) is 37.6. The van der Waals surface area contributed by atoms with E-state index in [1.807, 2.05) is 7.05 Å². The van der Waals surface area contributed by atoms with Crippen LogP contribution in [0.1, 0.15) is 39.9 Å². The van der Waals surface area contributed by atoms with Crippen molar-refractivity contribution in [2.45, 2.75) is 38.5 Å². The van der Waals surface area contributed by atoms with E-state index < -0.39 is 27.6 Å². The summed E-state index contributed by atoms with van der Waals surface area (Å²) in [4.78, 5) is 39.7. The lowest BCUT2D eigenvalue weighted by Gasteiger charge is -2.29. The highest BCUT2D eigenvalue weighted by molar-refractivity contribution is 7.92. The van der Waals surface area contributed by atoms with E-state index in [4.69, 9.17) is 24.5 Å². The number of alkyl halides is 3. The maximum Gasteiger partial charge on any atom is 0.421 e. The number of hydrogen-bond acceptors (Lipinski definition) is 11. The van der Waals surface area contributed by atoms with Crippen molar-refractivity contribution < 1.29 is 50.9 Å². The van der Waals surface area contributed by atoms with Gasteiger partial charge in [-0.1, -0.05) is 12.1 Å². The van der Waals surface area contributed by atoms with Gasteiger partial charge in [0.1, 0.15) is 17.1 Å². The van der Waals surface area contributed by atoms with E-state index in [9.17, 15) is 26.4 Å². The summed E-state index contributed by atoms with van der Waals surface area (Å²) >= 11 is 0. The van der Waals surface area contributed by atoms with Crippen LogP contribution < -0.4 is 25.0 Å². The molecule has 1 aromatic heterocycles. The second-order valence-corrected chi connectivity index (χ2v) is 13.0. The molecule has 0 aliphatic carbocycles. The van der Waals surface area contributed by atoms with Crippen LogP contribution in [0.15, 0.2) is 42.6 Å². The number of piperidine rings is 1. The molecule has 4 rings (SSSR count). The molecule has 1 fully saturated rings. The molecule has 3 aromatic rings. The van der Waals surface area contributed by atoms with E-state index in [-0.39, 0.29) is 43.1 Å². The summed E-state index contributed by atoms with van der Waals surface area (Å²) in [5.74, 6) is -0.637. The molecule has 274 valence electrons. The molecule has 2 heterocycles. The third kappa shape index (κ3) is 12.1. The summed E-state index contributed by atoms with van der Waals surface area (Å²) < 4.78 is 72.5. The van der Waals surface area contributed by atoms with E-state index in [1.165, 1.54) is 20.2 Å². The largest absolute Gasteiger partial charge is 0.495 e. The maximum absolute atomic E-state index is 13.9. The SMILES string of the molecule is COc1cc(C(=O)NC2CCN(C)CC2)ccc1Nc1ncc(C(F)(F)F)c(NCc2ccc(C)cc2N(C)S(C)(=O)=O)n1.O=CO.O=CO. The minimum Gasteiger partial charge on any atom is -0.495 e. The van der Waals surface area contributed by atoms with Crippen molar-refractivity contribution in [3.05, 3.63) is 64.8 Å². The van der Waals surface area contributed by atoms with E-state index in [0.717, 1.165) is 42.1 Å². The van der Waals surface area contributed by atoms with Crippen LogP contribution in [-0.4, -0.2) is 98.9 Å². The summed E-state index contributed by atoms with van der Waals surface area (Å²) in [5, 5.41) is 22.4. The number of rotatable bonds is 10. The van der Waals surface area contributed by atoms with Gasteiger partial charge in [0.2, 0.25) is 16.0 Å². The quantitative estimate of drug-likeness (QED) is 0.189. The van der Waals surface area contributed by atoms with Crippen LogP contribution in [0.25, 0.3) is 0 Å². The Labute approximate surface area is 287 Å². The van der Waals surface area contributed by atoms with Gasteiger partial charge in [-0.15, -0.1) is 0 Å². The monoisotopic (exact) mass is 727 g/mol. The lowest BCUT2D eigenvalue weighted by molar-refractivity contribution is -0.137. The fourth-order valence-corrected chi connectivity index (χ4v) is 5.26. The van der Waals surface area contributed by atoms with Crippen molar-refractivity contribution in [1.29, 1.82) is 0 Å². The van der Waals surface area contributed by atoms with Gasteiger partial charge >= 0.3 is 6.18 Å². The molecule has 0 unspecified atom stereocenters. The van der Waals surface area contributed by atoms with Gasteiger partial charge in [-0.25, -0.2) is 13.4 Å². The van der Waals surface area contributed by atoms with Crippen molar-refractivity contribution in [2.24, 2.45) is 0 Å². The molecule has 1 aliphatic rings. The number of benzene rings is 2. The predicted octanol–water partition coefficient (Wildman–Crippen LogP) is 3.79. The number of amides is 1. The van der Waals surface area contributed by atoms with Gasteiger partial charge in [0.05, 0.1) is 24.7 Å². The van der Waals surface area contributed by atoms with Crippen LogP contribution in [-0.2, 0) is 32.3 Å². The molecular formula is C31H40F3N7O8S. The highest BCUT2D eigenvalue weighted by atomic mass is 32.2. The summed E-state index contributed by atoms with van der Waals surface area (Å²) in [6.45, 7) is 2.92. The summed E-state index contributed by atoms with van der Waals surface area (Å²) in [5.41, 5.74) is 1.16. The first kappa shape index (κ1) is 41.0. The number of ether oxygens (including phenoxy) is 1. The van der Waals surface area contributed by atoms with Gasteiger partial charge in [-0.3, -0.25) is 18.7 Å². The molecule has 2 aromatic carbocycles. The number of likely N-dealkylation sites (tertiary alicyclic amines) is 1. The Balaban J connectivity index is 0.00000135. The molecule has 0 saturated carbocycles. The number of carbonyl (C=O) groups excluding carboxylic acids is 1. The van der Waals surface area contributed by atoms with Crippen molar-refractivity contribution in [2.75, 3.05) is 55.5 Å². The molecule has 50 heavy (non-hydrogen) atoms. The molecule has 19 heteroatoms. The third-order valence-electron chi connectivity index (χ3n) is 7.38. The van der Waals surface area contributed by atoms with Gasteiger partial charge < -0.3 is 35.8 Å². The zero-order valence-electron chi connectivity index (χ0n) is 28.0. The Hall–Kier alpha value is -5.17. The van der Waals surface area contributed by atoms with Gasteiger partial charge in [-0.2, -0.15) is 18.2 Å². The molecule has 1 amide bonds. The van der Waals surface area contributed by atoms with Crippen molar-refractivity contribution >= 4 is 52.0 Å². The standard InChI is InChI=1S/C29H36F3N7O4S.2CH2O2/c1-18-6-7-20(24(14-18)39(3)44(5,41)42)16-33-26-22(29(30,31)32)17-34-28(37-26)36-23-9-8-19(15-25(23)43-4)27(40)35-21-10-12-38(2)13-11-21;2*2-1-3/h6-9,14-15,17,21H,10-13,16H2,1-5H3,(H,35,40)(H2,33,34,36,37);2*1H,(H,2,3). The number of hydrogen-bond donors (Lipinski definition) is 5. The molecule has 15 nitrogen and oxygen atoms in total. The van der Waals surface area contributed by atoms with Gasteiger partial charge in [0, 0.05) is 31.4 Å². The lowest BCUT2D eigenvalue weighted by atomic mass is 10.0. The number of nitrogens with one attached hydrogen (secondary N) is 3. The smallest absolute Gasteiger partial charge is 0.421 e. The number of carbonyl (C=O) groups is 3. The fourth-order valence-electron chi connectivity index (χ4n) is 4.74. The highest BCUT2D eigenvalue weighted by Crippen LogP contribution is 2.36. The van der Waals surface area contributed by atoms with Crippen LogP contribution in [0.4, 0.5) is 36.3 Å². The Bertz CT molecular complexity index is 1710. The van der Waals surface area contributed by atoms with Crippen molar-refractivity contribution in [3.63, 3.8) is 0 Å². The van der Waals surface area contributed by atoms with E-state index in [1.54, 1.807) is 37.3 Å². The Morgan fingerprint density at radius 3 is 2.30 bits per heavy atom. The highest BCUT2D eigenvalue weighted by Gasteiger charge is 2.35.